The van der Waals surface area contributed by atoms with E-state index in [1.165, 1.54) is 11.1 Å². The van der Waals surface area contributed by atoms with Crippen molar-refractivity contribution < 1.29 is 10.0 Å². The molecule has 0 amide bonds. The van der Waals surface area contributed by atoms with Crippen LogP contribution in [0.1, 0.15) is 63.3 Å². The molecule has 2 rings (SSSR count). The van der Waals surface area contributed by atoms with Gasteiger partial charge in [-0.2, -0.15) is 0 Å². The van der Waals surface area contributed by atoms with Crippen LogP contribution in [0.4, 0.5) is 0 Å². The summed E-state index contributed by atoms with van der Waals surface area (Å²) in [6, 6.07) is 4.26. The van der Waals surface area contributed by atoms with Gasteiger partial charge in [-0.3, -0.25) is 0 Å². The minimum absolute atomic E-state index is 0.00993. The van der Waals surface area contributed by atoms with Crippen LogP contribution in [-0.2, 0) is 17.3 Å². The first kappa shape index (κ1) is 15.3. The minimum atomic E-state index is -1.99. The smallest absolute Gasteiger partial charge is 0.00973 e. The Hall–Kier alpha value is -1.06. The summed E-state index contributed by atoms with van der Waals surface area (Å²) in [6.45, 7) is 14.6. The van der Waals surface area contributed by atoms with Crippen molar-refractivity contribution in [1.82, 2.24) is 0 Å². The zero-order chi connectivity index (χ0) is 15.3. The molecule has 0 radical (unpaired) electrons. The van der Waals surface area contributed by atoms with Crippen LogP contribution in [0.5, 0.6) is 0 Å². The lowest BCUT2D eigenvalue weighted by Crippen LogP contribution is -2.46. The summed E-state index contributed by atoms with van der Waals surface area (Å²) in [5.41, 5.74) is 4.68. The minimum Gasteiger partial charge on any atom is -0.889 e. The van der Waals surface area contributed by atoms with Crippen LogP contribution >= 0.6 is 0 Å². The zero-order valence-corrected chi connectivity index (χ0v) is 13.2. The Morgan fingerprint density at radius 2 is 1.85 bits per heavy atom. The van der Waals surface area contributed by atoms with Crippen molar-refractivity contribution in [3.05, 3.63) is 41.0 Å². The van der Waals surface area contributed by atoms with Crippen LogP contribution in [-0.4, -0.2) is 7.12 Å². The van der Waals surface area contributed by atoms with E-state index in [2.05, 4.69) is 47.3 Å². The molecule has 0 spiro atoms. The van der Waals surface area contributed by atoms with Crippen LogP contribution < -0.4 is 10.0 Å². The molecule has 0 bridgehead atoms. The largest absolute Gasteiger partial charge is 0.889 e. The van der Waals surface area contributed by atoms with Gasteiger partial charge in [0, 0.05) is 0 Å². The SMILES string of the molecule is C=C(B([O-])[O-])c1cc(C(C)(C)C)cc2c1CCC2(C)C. The van der Waals surface area contributed by atoms with E-state index in [0.29, 0.717) is 0 Å². The fourth-order valence-corrected chi connectivity index (χ4v) is 2.96. The van der Waals surface area contributed by atoms with E-state index in [-0.39, 0.29) is 16.3 Å². The van der Waals surface area contributed by atoms with Gasteiger partial charge in [0.05, 0.1) is 0 Å². The number of hydrogen-bond acceptors (Lipinski definition) is 2. The van der Waals surface area contributed by atoms with Gasteiger partial charge in [-0.05, 0) is 45.9 Å². The first-order valence-electron chi connectivity index (χ1n) is 7.23. The molecule has 0 saturated carbocycles. The molecule has 0 fully saturated rings. The highest BCUT2D eigenvalue weighted by Crippen LogP contribution is 2.43. The molecule has 108 valence electrons. The molecule has 20 heavy (non-hydrogen) atoms. The average molecular weight is 270 g/mol. The topological polar surface area (TPSA) is 46.1 Å². The van der Waals surface area contributed by atoms with Crippen molar-refractivity contribution in [2.45, 2.75) is 58.3 Å². The Kier molecular flexibility index (Phi) is 3.64. The van der Waals surface area contributed by atoms with Crippen molar-refractivity contribution >= 4 is 12.6 Å². The summed E-state index contributed by atoms with van der Waals surface area (Å²) in [4.78, 5) is 0. The van der Waals surface area contributed by atoms with Gasteiger partial charge in [-0.15, -0.1) is 12.1 Å². The fraction of sp³-hybridized carbons (Fsp3) is 0.529. The van der Waals surface area contributed by atoms with Crippen LogP contribution in [0.2, 0.25) is 0 Å². The van der Waals surface area contributed by atoms with Gasteiger partial charge < -0.3 is 10.0 Å². The summed E-state index contributed by atoms with van der Waals surface area (Å²) < 4.78 is 0. The highest BCUT2D eigenvalue weighted by molar-refractivity contribution is 6.62. The Morgan fingerprint density at radius 3 is 2.35 bits per heavy atom. The maximum absolute atomic E-state index is 11.3. The lowest BCUT2D eigenvalue weighted by Gasteiger charge is -2.33. The fourth-order valence-electron chi connectivity index (χ4n) is 2.96. The lowest BCUT2D eigenvalue weighted by molar-refractivity contribution is -0.340. The van der Waals surface area contributed by atoms with E-state index in [9.17, 15) is 10.0 Å². The molecule has 0 unspecified atom stereocenters. The highest BCUT2D eigenvalue weighted by atomic mass is 16.4. The maximum atomic E-state index is 11.3. The second kappa shape index (κ2) is 4.75. The second-order valence-corrected chi connectivity index (χ2v) is 7.54. The van der Waals surface area contributed by atoms with E-state index in [4.69, 9.17) is 0 Å². The van der Waals surface area contributed by atoms with Crippen molar-refractivity contribution in [3.63, 3.8) is 0 Å². The number of fused-ring (bicyclic) bond motifs is 1. The zero-order valence-electron chi connectivity index (χ0n) is 13.2. The summed E-state index contributed by atoms with van der Waals surface area (Å²) in [6.07, 6.45) is 1.98. The third-order valence-electron chi connectivity index (χ3n) is 4.48. The van der Waals surface area contributed by atoms with E-state index < -0.39 is 7.12 Å². The van der Waals surface area contributed by atoms with E-state index in [1.54, 1.807) is 0 Å². The molecular weight excluding hydrogens is 247 g/mol. The Bertz CT molecular complexity index is 551. The standard InChI is InChI=1S/C17H23BO2/c1-11(18(19)20)14-9-12(16(2,3)4)10-15-13(14)7-8-17(15,5)6/h9-10H,1,7-8H2,2-6H3/q-2. The molecule has 0 N–H and O–H groups in total. The van der Waals surface area contributed by atoms with Gasteiger partial charge in [0.1, 0.15) is 0 Å². The van der Waals surface area contributed by atoms with Gasteiger partial charge in [0.2, 0.25) is 0 Å². The number of rotatable bonds is 2. The summed E-state index contributed by atoms with van der Waals surface area (Å²) >= 11 is 0. The van der Waals surface area contributed by atoms with Crippen molar-refractivity contribution in [3.8, 4) is 0 Å². The molecule has 1 aromatic carbocycles. The molecule has 0 saturated heterocycles. The molecule has 0 heterocycles. The summed E-state index contributed by atoms with van der Waals surface area (Å²) in [5.74, 6) is 0. The molecular formula is C17H23BO2-2. The van der Waals surface area contributed by atoms with E-state index in [0.717, 1.165) is 24.0 Å². The third kappa shape index (κ3) is 2.57. The van der Waals surface area contributed by atoms with Crippen molar-refractivity contribution in [2.75, 3.05) is 0 Å². The van der Waals surface area contributed by atoms with Gasteiger partial charge in [0.25, 0.3) is 0 Å². The summed E-state index contributed by atoms with van der Waals surface area (Å²) in [5, 5.41) is 22.6. The maximum Gasteiger partial charge on any atom is -0.00973 e. The molecule has 1 aliphatic rings. The van der Waals surface area contributed by atoms with E-state index in [1.807, 2.05) is 6.07 Å². The third-order valence-corrected chi connectivity index (χ3v) is 4.48. The van der Waals surface area contributed by atoms with Crippen molar-refractivity contribution in [2.24, 2.45) is 0 Å². The Balaban J connectivity index is 2.69. The Labute approximate surface area is 122 Å². The van der Waals surface area contributed by atoms with Gasteiger partial charge in [0.15, 0.2) is 0 Å². The molecule has 1 aromatic rings. The number of benzene rings is 1. The predicted molar refractivity (Wildman–Crippen MR) is 81.3 cm³/mol. The first-order valence-corrected chi connectivity index (χ1v) is 7.23. The number of hydrogen-bond donors (Lipinski definition) is 0. The van der Waals surface area contributed by atoms with Gasteiger partial charge in [-0.1, -0.05) is 53.9 Å². The van der Waals surface area contributed by atoms with Crippen LogP contribution in [0.15, 0.2) is 18.7 Å². The summed E-state index contributed by atoms with van der Waals surface area (Å²) in [7, 11) is -1.99. The van der Waals surface area contributed by atoms with E-state index >= 15 is 0 Å². The molecule has 1 aliphatic carbocycles. The quantitative estimate of drug-likeness (QED) is 0.771. The van der Waals surface area contributed by atoms with Crippen LogP contribution in [0, 0.1) is 0 Å². The first-order chi connectivity index (χ1) is 9.04. The Morgan fingerprint density at radius 1 is 1.25 bits per heavy atom. The normalized spacial score (nSPS) is 16.9. The molecule has 0 aliphatic heterocycles. The molecule has 0 aromatic heterocycles. The molecule has 0 atom stereocenters. The van der Waals surface area contributed by atoms with Gasteiger partial charge in [-0.25, -0.2) is 0 Å². The second-order valence-electron chi connectivity index (χ2n) is 7.54. The molecule has 2 nitrogen and oxygen atoms in total. The molecule has 3 heteroatoms. The van der Waals surface area contributed by atoms with Crippen molar-refractivity contribution in [1.29, 1.82) is 0 Å². The monoisotopic (exact) mass is 270 g/mol. The van der Waals surface area contributed by atoms with Crippen LogP contribution in [0.3, 0.4) is 0 Å². The highest BCUT2D eigenvalue weighted by Gasteiger charge is 2.33. The lowest BCUT2D eigenvalue weighted by atomic mass is 9.71. The van der Waals surface area contributed by atoms with Crippen LogP contribution in [0.25, 0.3) is 5.47 Å². The average Bonchev–Trinajstić information content (AvgIpc) is 2.62. The van der Waals surface area contributed by atoms with Gasteiger partial charge >= 0.3 is 0 Å². The predicted octanol–water partition coefficient (Wildman–Crippen LogP) is 1.97.